The molecule has 0 bridgehead atoms. The first-order chi connectivity index (χ1) is 10.7. The van der Waals surface area contributed by atoms with E-state index in [9.17, 15) is 9.59 Å². The molecule has 0 radical (unpaired) electrons. The topological polar surface area (TPSA) is 61.9 Å². The molecule has 0 aliphatic carbocycles. The summed E-state index contributed by atoms with van der Waals surface area (Å²) in [5.74, 6) is 0. The van der Waals surface area contributed by atoms with Crippen molar-refractivity contribution in [2.75, 3.05) is 44.4 Å². The first-order valence-electron chi connectivity index (χ1n) is 7.26. The third-order valence-electron chi connectivity index (χ3n) is 3.44. The summed E-state index contributed by atoms with van der Waals surface area (Å²) >= 11 is 1.59. The summed E-state index contributed by atoms with van der Waals surface area (Å²) in [5, 5.41) is 2.93. The van der Waals surface area contributed by atoms with Gasteiger partial charge in [-0.25, -0.2) is 9.59 Å². The van der Waals surface area contributed by atoms with Gasteiger partial charge in [-0.2, -0.15) is 0 Å². The normalized spacial score (nSPS) is 14.6. The Kier molecular flexibility index (Phi) is 5.94. The number of amides is 3. The number of urea groups is 1. The Balaban J connectivity index is 1.89. The molecule has 0 unspecified atom stereocenters. The molecule has 1 N–H and O–H groups in total. The molecule has 1 aliphatic rings. The van der Waals surface area contributed by atoms with E-state index in [-0.39, 0.29) is 12.1 Å². The van der Waals surface area contributed by atoms with Crippen molar-refractivity contribution in [2.45, 2.75) is 11.8 Å². The number of carbonyl (C=O) groups is 2. The number of nitrogens with one attached hydrogen (secondary N) is 1. The van der Waals surface area contributed by atoms with Crippen molar-refractivity contribution < 1.29 is 14.3 Å². The number of piperazine rings is 1. The predicted octanol–water partition coefficient (Wildman–Crippen LogP) is 2.71. The highest BCUT2D eigenvalue weighted by Gasteiger charge is 2.25. The number of para-hydroxylation sites is 1. The first-order valence-corrected chi connectivity index (χ1v) is 8.48. The zero-order chi connectivity index (χ0) is 15.9. The minimum Gasteiger partial charge on any atom is -0.450 e. The Morgan fingerprint density at radius 2 is 1.82 bits per heavy atom. The van der Waals surface area contributed by atoms with E-state index < -0.39 is 0 Å². The highest BCUT2D eigenvalue weighted by atomic mass is 32.2. The second-order valence-corrected chi connectivity index (χ2v) is 5.65. The zero-order valence-corrected chi connectivity index (χ0v) is 13.7. The molecular weight excluding hydrogens is 302 g/mol. The van der Waals surface area contributed by atoms with E-state index in [0.29, 0.717) is 32.8 Å². The SMILES string of the molecule is CCOC(=O)N1CCN(C(=O)Nc2ccccc2SC)CC1. The molecule has 0 aromatic heterocycles. The molecule has 1 fully saturated rings. The smallest absolute Gasteiger partial charge is 0.409 e. The fraction of sp³-hybridized carbons (Fsp3) is 0.467. The maximum absolute atomic E-state index is 12.3. The number of thioether (sulfide) groups is 1. The van der Waals surface area contributed by atoms with E-state index in [1.807, 2.05) is 30.5 Å². The minimum absolute atomic E-state index is 0.134. The number of ether oxygens (including phenoxy) is 1. The van der Waals surface area contributed by atoms with Gasteiger partial charge in [0, 0.05) is 31.1 Å². The predicted molar refractivity (Wildman–Crippen MR) is 87.4 cm³/mol. The molecule has 1 aliphatic heterocycles. The van der Waals surface area contributed by atoms with E-state index in [1.54, 1.807) is 28.5 Å². The van der Waals surface area contributed by atoms with Crippen LogP contribution >= 0.6 is 11.8 Å². The van der Waals surface area contributed by atoms with Gasteiger partial charge < -0.3 is 19.9 Å². The summed E-state index contributed by atoms with van der Waals surface area (Å²) in [6.07, 6.45) is 1.67. The standard InChI is InChI=1S/C15H21N3O3S/c1-3-21-15(20)18-10-8-17(9-11-18)14(19)16-12-6-4-5-7-13(12)22-2/h4-7H,3,8-11H2,1-2H3,(H,16,19). The quantitative estimate of drug-likeness (QED) is 0.869. The van der Waals surface area contributed by atoms with Crippen LogP contribution in [-0.4, -0.2) is 61.0 Å². The summed E-state index contributed by atoms with van der Waals surface area (Å²) in [6, 6.07) is 7.57. The number of anilines is 1. The van der Waals surface area contributed by atoms with Crippen LogP contribution in [0, 0.1) is 0 Å². The second-order valence-electron chi connectivity index (χ2n) is 4.80. The van der Waals surface area contributed by atoms with Crippen LogP contribution in [0.25, 0.3) is 0 Å². The molecule has 1 aromatic rings. The van der Waals surface area contributed by atoms with Gasteiger partial charge in [-0.05, 0) is 25.3 Å². The highest BCUT2D eigenvalue weighted by molar-refractivity contribution is 7.98. The Bertz CT molecular complexity index is 531. The Hall–Kier alpha value is -1.89. The van der Waals surface area contributed by atoms with E-state index in [1.165, 1.54) is 0 Å². The number of hydrogen-bond acceptors (Lipinski definition) is 4. The molecule has 22 heavy (non-hydrogen) atoms. The Labute approximate surface area is 134 Å². The zero-order valence-electron chi connectivity index (χ0n) is 12.9. The van der Waals surface area contributed by atoms with E-state index in [2.05, 4.69) is 5.32 Å². The third-order valence-corrected chi connectivity index (χ3v) is 4.24. The summed E-state index contributed by atoms with van der Waals surface area (Å²) in [7, 11) is 0. The molecule has 0 spiro atoms. The van der Waals surface area contributed by atoms with Crippen LogP contribution in [0.4, 0.5) is 15.3 Å². The van der Waals surface area contributed by atoms with Crippen molar-refractivity contribution in [1.29, 1.82) is 0 Å². The highest BCUT2D eigenvalue weighted by Crippen LogP contribution is 2.24. The summed E-state index contributed by atoms with van der Waals surface area (Å²) < 4.78 is 4.97. The second kappa shape index (κ2) is 7.93. The number of rotatable bonds is 3. The molecule has 120 valence electrons. The Morgan fingerprint density at radius 3 is 2.45 bits per heavy atom. The lowest BCUT2D eigenvalue weighted by atomic mass is 10.3. The van der Waals surface area contributed by atoms with Gasteiger partial charge in [0.2, 0.25) is 0 Å². The molecule has 1 saturated heterocycles. The van der Waals surface area contributed by atoms with Crippen LogP contribution < -0.4 is 5.32 Å². The van der Waals surface area contributed by atoms with Crippen molar-refractivity contribution in [3.05, 3.63) is 24.3 Å². The molecule has 1 aromatic carbocycles. The van der Waals surface area contributed by atoms with Crippen LogP contribution in [0.5, 0.6) is 0 Å². The maximum Gasteiger partial charge on any atom is 0.409 e. The van der Waals surface area contributed by atoms with E-state index in [0.717, 1.165) is 10.6 Å². The molecular formula is C15H21N3O3S. The summed E-state index contributed by atoms with van der Waals surface area (Å²) in [6.45, 7) is 4.15. The van der Waals surface area contributed by atoms with Crippen molar-refractivity contribution in [3.8, 4) is 0 Å². The van der Waals surface area contributed by atoms with Gasteiger partial charge in [0.05, 0.1) is 12.3 Å². The van der Waals surface area contributed by atoms with Crippen LogP contribution in [0.2, 0.25) is 0 Å². The lowest BCUT2D eigenvalue weighted by molar-refractivity contribution is 0.0868. The Morgan fingerprint density at radius 1 is 1.18 bits per heavy atom. The maximum atomic E-state index is 12.3. The molecule has 6 nitrogen and oxygen atoms in total. The average molecular weight is 323 g/mol. The van der Waals surface area contributed by atoms with Crippen LogP contribution in [0.15, 0.2) is 29.2 Å². The van der Waals surface area contributed by atoms with E-state index >= 15 is 0 Å². The van der Waals surface area contributed by atoms with Crippen LogP contribution in [-0.2, 0) is 4.74 Å². The van der Waals surface area contributed by atoms with Crippen LogP contribution in [0.1, 0.15) is 6.92 Å². The van der Waals surface area contributed by atoms with Crippen LogP contribution in [0.3, 0.4) is 0 Å². The van der Waals surface area contributed by atoms with Crippen molar-refractivity contribution in [1.82, 2.24) is 9.80 Å². The van der Waals surface area contributed by atoms with Gasteiger partial charge in [0.25, 0.3) is 0 Å². The molecule has 0 saturated carbocycles. The lowest BCUT2D eigenvalue weighted by Gasteiger charge is -2.34. The van der Waals surface area contributed by atoms with Crippen molar-refractivity contribution in [2.24, 2.45) is 0 Å². The van der Waals surface area contributed by atoms with Crippen molar-refractivity contribution >= 4 is 29.6 Å². The van der Waals surface area contributed by atoms with Gasteiger partial charge in [-0.15, -0.1) is 11.8 Å². The first kappa shape index (κ1) is 16.5. The average Bonchev–Trinajstić information content (AvgIpc) is 2.55. The van der Waals surface area contributed by atoms with E-state index in [4.69, 9.17) is 4.74 Å². The van der Waals surface area contributed by atoms with Gasteiger partial charge in [0.15, 0.2) is 0 Å². The van der Waals surface area contributed by atoms with Crippen molar-refractivity contribution in [3.63, 3.8) is 0 Å². The molecule has 0 atom stereocenters. The minimum atomic E-state index is -0.310. The number of hydrogen-bond donors (Lipinski definition) is 1. The van der Waals surface area contributed by atoms with Gasteiger partial charge >= 0.3 is 12.1 Å². The number of benzene rings is 1. The van der Waals surface area contributed by atoms with Gasteiger partial charge in [-0.3, -0.25) is 0 Å². The van der Waals surface area contributed by atoms with Gasteiger partial charge in [0.1, 0.15) is 0 Å². The fourth-order valence-electron chi connectivity index (χ4n) is 2.25. The third kappa shape index (κ3) is 4.07. The molecule has 1 heterocycles. The monoisotopic (exact) mass is 323 g/mol. The summed E-state index contributed by atoms with van der Waals surface area (Å²) in [5.41, 5.74) is 0.813. The molecule has 2 rings (SSSR count). The number of nitrogens with zero attached hydrogens (tertiary/aromatic N) is 2. The molecule has 7 heteroatoms. The lowest BCUT2D eigenvalue weighted by Crippen LogP contribution is -2.51. The largest absolute Gasteiger partial charge is 0.450 e. The fourth-order valence-corrected chi connectivity index (χ4v) is 2.80. The summed E-state index contributed by atoms with van der Waals surface area (Å²) in [4.78, 5) is 28.3. The molecule has 3 amide bonds. The number of carbonyl (C=O) groups excluding carboxylic acids is 2. The van der Waals surface area contributed by atoms with Gasteiger partial charge in [-0.1, -0.05) is 12.1 Å².